The number of halogens is 1. The first kappa shape index (κ1) is 17.5. The van der Waals surface area contributed by atoms with E-state index in [1.165, 1.54) is 19.2 Å². The van der Waals surface area contributed by atoms with Crippen molar-refractivity contribution in [1.29, 1.82) is 0 Å². The first-order chi connectivity index (χ1) is 10.8. The Morgan fingerprint density at radius 2 is 1.96 bits per heavy atom. The van der Waals surface area contributed by atoms with Gasteiger partial charge in [-0.3, -0.25) is 9.52 Å². The van der Waals surface area contributed by atoms with E-state index >= 15 is 0 Å². The van der Waals surface area contributed by atoms with E-state index < -0.39 is 15.9 Å². The molecule has 6 nitrogen and oxygen atoms in total. The largest absolute Gasteiger partial charge is 0.496 e. The lowest BCUT2D eigenvalue weighted by Gasteiger charge is -2.13. The molecule has 2 aromatic rings. The van der Waals surface area contributed by atoms with E-state index in [1.54, 1.807) is 31.2 Å². The van der Waals surface area contributed by atoms with Crippen LogP contribution in [-0.2, 0) is 10.0 Å². The van der Waals surface area contributed by atoms with E-state index in [1.807, 2.05) is 22.6 Å². The van der Waals surface area contributed by atoms with Crippen molar-refractivity contribution in [2.75, 3.05) is 11.8 Å². The zero-order valence-electron chi connectivity index (χ0n) is 12.5. The van der Waals surface area contributed by atoms with Crippen LogP contribution in [-0.4, -0.2) is 21.4 Å². The Hall–Kier alpha value is -1.81. The van der Waals surface area contributed by atoms with Crippen molar-refractivity contribution in [3.05, 3.63) is 51.1 Å². The van der Waals surface area contributed by atoms with Gasteiger partial charge in [0.15, 0.2) is 0 Å². The predicted molar refractivity (Wildman–Crippen MR) is 96.2 cm³/mol. The summed E-state index contributed by atoms with van der Waals surface area (Å²) in [5.41, 5.74) is 6.34. The second-order valence-corrected chi connectivity index (χ2v) is 7.59. The minimum Gasteiger partial charge on any atom is -0.496 e. The molecule has 0 aliphatic heterocycles. The van der Waals surface area contributed by atoms with Crippen LogP contribution in [0.2, 0.25) is 0 Å². The van der Waals surface area contributed by atoms with Gasteiger partial charge in [-0.1, -0.05) is 6.07 Å². The number of carbonyl (C=O) groups is 1. The number of sulfonamides is 1. The SMILES string of the molecule is COc1ccc(S(=O)(=O)Nc2cccc(C(N)=O)c2C)cc1I. The van der Waals surface area contributed by atoms with Crippen molar-refractivity contribution in [3.8, 4) is 5.75 Å². The lowest BCUT2D eigenvalue weighted by molar-refractivity contribution is 0.0999. The number of amides is 1. The van der Waals surface area contributed by atoms with E-state index in [0.717, 1.165) is 0 Å². The average Bonchev–Trinajstić information content (AvgIpc) is 2.48. The smallest absolute Gasteiger partial charge is 0.261 e. The van der Waals surface area contributed by atoms with Crippen LogP contribution in [0.15, 0.2) is 41.3 Å². The summed E-state index contributed by atoms with van der Waals surface area (Å²) in [5.74, 6) is -0.0148. The van der Waals surface area contributed by atoms with Crippen LogP contribution in [0.5, 0.6) is 5.75 Å². The van der Waals surface area contributed by atoms with Crippen molar-refractivity contribution >= 4 is 44.2 Å². The van der Waals surface area contributed by atoms with E-state index in [9.17, 15) is 13.2 Å². The Morgan fingerprint density at radius 3 is 2.52 bits per heavy atom. The van der Waals surface area contributed by atoms with Gasteiger partial charge in [0.1, 0.15) is 5.75 Å². The number of nitrogens with two attached hydrogens (primary N) is 1. The van der Waals surface area contributed by atoms with Crippen LogP contribution in [0.1, 0.15) is 15.9 Å². The quantitative estimate of drug-likeness (QED) is 0.690. The molecule has 0 aromatic heterocycles. The fourth-order valence-corrected chi connectivity index (χ4v) is 4.13. The lowest BCUT2D eigenvalue weighted by atomic mass is 10.1. The van der Waals surface area contributed by atoms with E-state index in [2.05, 4.69) is 4.72 Å². The van der Waals surface area contributed by atoms with Gasteiger partial charge < -0.3 is 10.5 Å². The molecule has 3 N–H and O–H groups in total. The van der Waals surface area contributed by atoms with Crippen molar-refractivity contribution in [2.24, 2.45) is 5.73 Å². The molecule has 23 heavy (non-hydrogen) atoms. The van der Waals surface area contributed by atoms with Gasteiger partial charge in [0.05, 0.1) is 21.3 Å². The summed E-state index contributed by atoms with van der Waals surface area (Å²) in [6.45, 7) is 1.63. The second-order valence-electron chi connectivity index (χ2n) is 4.74. The van der Waals surface area contributed by atoms with Crippen molar-refractivity contribution in [2.45, 2.75) is 11.8 Å². The van der Waals surface area contributed by atoms with Crippen LogP contribution in [0, 0.1) is 10.5 Å². The van der Waals surface area contributed by atoms with Crippen LogP contribution in [0.3, 0.4) is 0 Å². The molecule has 2 aromatic carbocycles. The maximum atomic E-state index is 12.5. The molecule has 0 heterocycles. The van der Waals surface area contributed by atoms with Crippen LogP contribution in [0.25, 0.3) is 0 Å². The van der Waals surface area contributed by atoms with Gasteiger partial charge in [-0.2, -0.15) is 0 Å². The van der Waals surface area contributed by atoms with Gasteiger partial charge in [-0.15, -0.1) is 0 Å². The molecule has 0 saturated carbocycles. The Kier molecular flexibility index (Phi) is 5.15. The zero-order chi connectivity index (χ0) is 17.2. The van der Waals surface area contributed by atoms with Gasteiger partial charge in [0, 0.05) is 5.56 Å². The monoisotopic (exact) mass is 446 g/mol. The lowest BCUT2D eigenvalue weighted by Crippen LogP contribution is -2.17. The molecule has 0 radical (unpaired) electrons. The van der Waals surface area contributed by atoms with Gasteiger partial charge >= 0.3 is 0 Å². The van der Waals surface area contributed by atoms with E-state index in [0.29, 0.717) is 20.6 Å². The molecule has 0 unspecified atom stereocenters. The fraction of sp³-hybridized carbons (Fsp3) is 0.133. The van der Waals surface area contributed by atoms with Crippen LogP contribution >= 0.6 is 22.6 Å². The highest BCUT2D eigenvalue weighted by Gasteiger charge is 2.18. The number of primary amides is 1. The first-order valence-corrected chi connectivity index (χ1v) is 9.08. The highest BCUT2D eigenvalue weighted by atomic mass is 127. The Morgan fingerprint density at radius 1 is 1.26 bits per heavy atom. The number of ether oxygens (including phenoxy) is 1. The minimum atomic E-state index is -3.79. The normalized spacial score (nSPS) is 11.1. The number of methoxy groups -OCH3 is 1. The number of nitrogens with one attached hydrogen (secondary N) is 1. The topological polar surface area (TPSA) is 98.5 Å². The summed E-state index contributed by atoms with van der Waals surface area (Å²) < 4.78 is 33.3. The molecule has 1 amide bonds. The molecular weight excluding hydrogens is 431 g/mol. The summed E-state index contributed by atoms with van der Waals surface area (Å²) in [6.07, 6.45) is 0. The average molecular weight is 446 g/mol. The third kappa shape index (κ3) is 3.75. The van der Waals surface area contributed by atoms with Crippen LogP contribution < -0.4 is 15.2 Å². The van der Waals surface area contributed by atoms with Gasteiger partial charge in [-0.25, -0.2) is 8.42 Å². The molecule has 0 atom stereocenters. The third-order valence-electron chi connectivity index (χ3n) is 3.28. The highest BCUT2D eigenvalue weighted by Crippen LogP contribution is 2.26. The predicted octanol–water partition coefficient (Wildman–Crippen LogP) is 2.51. The summed E-state index contributed by atoms with van der Waals surface area (Å²) in [5, 5.41) is 0. The number of hydrogen-bond donors (Lipinski definition) is 2. The Labute approximate surface area is 148 Å². The molecular formula is C15H15IN2O4S. The van der Waals surface area contributed by atoms with E-state index in [-0.39, 0.29) is 10.5 Å². The number of anilines is 1. The van der Waals surface area contributed by atoms with Crippen molar-refractivity contribution in [1.82, 2.24) is 0 Å². The fourth-order valence-electron chi connectivity index (χ4n) is 2.03. The highest BCUT2D eigenvalue weighted by molar-refractivity contribution is 14.1. The molecule has 122 valence electrons. The summed E-state index contributed by atoms with van der Waals surface area (Å²) >= 11 is 2.00. The molecule has 2 rings (SSSR count). The molecule has 0 spiro atoms. The summed E-state index contributed by atoms with van der Waals surface area (Å²) in [6, 6.07) is 9.25. The number of hydrogen-bond acceptors (Lipinski definition) is 4. The molecule has 0 bridgehead atoms. The number of rotatable bonds is 5. The van der Waals surface area contributed by atoms with Gasteiger partial charge in [-0.05, 0) is 65.4 Å². The van der Waals surface area contributed by atoms with Crippen molar-refractivity contribution < 1.29 is 17.9 Å². The molecule has 0 saturated heterocycles. The maximum absolute atomic E-state index is 12.5. The maximum Gasteiger partial charge on any atom is 0.261 e. The molecule has 8 heteroatoms. The summed E-state index contributed by atoms with van der Waals surface area (Å²) in [7, 11) is -2.27. The zero-order valence-corrected chi connectivity index (χ0v) is 15.4. The molecule has 0 fully saturated rings. The Balaban J connectivity index is 2.41. The number of benzene rings is 2. The molecule has 0 aliphatic carbocycles. The standard InChI is InChI=1S/C15H15IN2O4S/c1-9-11(15(17)19)4-3-5-13(9)18-23(20,21)10-6-7-14(22-2)12(16)8-10/h3-8,18H,1-2H3,(H2,17,19). The first-order valence-electron chi connectivity index (χ1n) is 6.52. The molecule has 0 aliphatic rings. The third-order valence-corrected chi connectivity index (χ3v) is 5.48. The van der Waals surface area contributed by atoms with E-state index in [4.69, 9.17) is 10.5 Å². The second kappa shape index (κ2) is 6.75. The minimum absolute atomic E-state index is 0.103. The van der Waals surface area contributed by atoms with Gasteiger partial charge in [0.25, 0.3) is 10.0 Å². The van der Waals surface area contributed by atoms with Crippen molar-refractivity contribution in [3.63, 3.8) is 0 Å². The van der Waals surface area contributed by atoms with Crippen LogP contribution in [0.4, 0.5) is 5.69 Å². The number of carbonyl (C=O) groups excluding carboxylic acids is 1. The van der Waals surface area contributed by atoms with Gasteiger partial charge in [0.2, 0.25) is 5.91 Å². The summed E-state index contributed by atoms with van der Waals surface area (Å²) in [4.78, 5) is 11.5. The Bertz CT molecular complexity index is 866.